The Morgan fingerprint density at radius 2 is 2.30 bits per heavy atom. The highest BCUT2D eigenvalue weighted by Gasteiger charge is 1.89. The van der Waals surface area contributed by atoms with Crippen molar-refractivity contribution in [2.75, 3.05) is 11.5 Å². The first-order valence-electron chi connectivity index (χ1n) is 3.64. The zero-order valence-electron chi connectivity index (χ0n) is 6.69. The van der Waals surface area contributed by atoms with E-state index < -0.39 is 0 Å². The first-order chi connectivity index (χ1) is 4.81. The molecular weight excluding hydrogens is 164 g/mol. The fraction of sp³-hybridized carbons (Fsp3) is 0.750. The van der Waals surface area contributed by atoms with Crippen LogP contribution in [0.5, 0.6) is 0 Å². The summed E-state index contributed by atoms with van der Waals surface area (Å²) in [6.45, 7) is 4.27. The third kappa shape index (κ3) is 6.50. The summed E-state index contributed by atoms with van der Waals surface area (Å²) in [7, 11) is 0. The summed E-state index contributed by atoms with van der Waals surface area (Å²) in [5.41, 5.74) is 2.93. The minimum absolute atomic E-state index is 1.09. The van der Waals surface area contributed by atoms with Gasteiger partial charge in [0.15, 0.2) is 0 Å². The Kier molecular flexibility index (Phi) is 7.77. The third-order valence-electron chi connectivity index (χ3n) is 1.16. The van der Waals surface area contributed by atoms with Gasteiger partial charge in [0, 0.05) is 11.3 Å². The van der Waals surface area contributed by atoms with Crippen LogP contribution in [0.25, 0.3) is 0 Å². The molecule has 0 fully saturated rings. The van der Waals surface area contributed by atoms with Crippen molar-refractivity contribution in [3.05, 3.63) is 11.1 Å². The molecule has 0 unspecified atom stereocenters. The Morgan fingerprint density at radius 3 is 2.80 bits per heavy atom. The summed E-state index contributed by atoms with van der Waals surface area (Å²) in [6, 6.07) is 0. The summed E-state index contributed by atoms with van der Waals surface area (Å²) in [6.07, 6.45) is 2.61. The first-order valence-corrected chi connectivity index (χ1v) is 5.24. The van der Waals surface area contributed by atoms with Crippen LogP contribution in [0.2, 0.25) is 0 Å². The molecule has 0 aliphatic heterocycles. The van der Waals surface area contributed by atoms with E-state index in [9.17, 15) is 0 Å². The maximum Gasteiger partial charge on any atom is 0.0152 e. The molecule has 0 aromatic heterocycles. The van der Waals surface area contributed by atoms with Gasteiger partial charge in [0.25, 0.3) is 0 Å². The van der Waals surface area contributed by atoms with E-state index in [0.29, 0.717) is 0 Å². The molecule has 0 rings (SSSR count). The van der Waals surface area contributed by atoms with Gasteiger partial charge in [0.2, 0.25) is 0 Å². The Hall–Kier alpha value is 0.380. The summed E-state index contributed by atoms with van der Waals surface area (Å²) in [5.74, 6) is 2.35. The molecule has 0 spiro atoms. The number of rotatable bonds is 5. The molecule has 0 amide bonds. The predicted molar refractivity (Wildman–Crippen MR) is 51.8 cm³/mol. The van der Waals surface area contributed by atoms with E-state index in [2.05, 4.69) is 13.8 Å². The molecule has 0 aliphatic carbocycles. The largest absolute Gasteiger partial charge is 0.158 e. The van der Waals surface area contributed by atoms with Gasteiger partial charge in [0.05, 0.1) is 0 Å². The highest BCUT2D eigenvalue weighted by Crippen LogP contribution is 2.09. The summed E-state index contributed by atoms with van der Waals surface area (Å²) >= 11 is 7.45. The maximum absolute atomic E-state index is 5.49. The van der Waals surface area contributed by atoms with Gasteiger partial charge in [-0.1, -0.05) is 30.5 Å². The van der Waals surface area contributed by atoms with Crippen molar-refractivity contribution in [3.63, 3.8) is 0 Å². The molecular formula is C8H15ClS. The molecule has 10 heavy (non-hydrogen) atoms. The monoisotopic (exact) mass is 178 g/mol. The lowest BCUT2D eigenvalue weighted by molar-refractivity contribution is 0.896. The second-order valence-electron chi connectivity index (χ2n) is 2.36. The van der Waals surface area contributed by atoms with Crippen molar-refractivity contribution >= 4 is 23.4 Å². The van der Waals surface area contributed by atoms with Crippen LogP contribution in [0.3, 0.4) is 0 Å². The van der Waals surface area contributed by atoms with Gasteiger partial charge >= 0.3 is 0 Å². The lowest BCUT2D eigenvalue weighted by Crippen LogP contribution is -1.83. The number of thioether (sulfide) groups is 1. The smallest absolute Gasteiger partial charge is 0.0152 e. The number of hydrogen-bond donors (Lipinski definition) is 0. The second kappa shape index (κ2) is 7.49. The minimum atomic E-state index is 1.09. The van der Waals surface area contributed by atoms with Crippen LogP contribution in [0.15, 0.2) is 11.1 Å². The van der Waals surface area contributed by atoms with E-state index in [1.807, 2.05) is 11.8 Å². The van der Waals surface area contributed by atoms with Crippen LogP contribution in [0.1, 0.15) is 26.7 Å². The van der Waals surface area contributed by atoms with E-state index in [1.165, 1.54) is 24.2 Å². The Bertz CT molecular complexity index is 99.4. The maximum atomic E-state index is 5.49. The summed E-state index contributed by atoms with van der Waals surface area (Å²) in [5, 5.41) is 0. The van der Waals surface area contributed by atoms with E-state index >= 15 is 0 Å². The Morgan fingerprint density at radius 1 is 1.60 bits per heavy atom. The number of halogens is 1. The van der Waals surface area contributed by atoms with E-state index in [1.54, 1.807) is 5.54 Å². The number of hydrogen-bond acceptors (Lipinski definition) is 1. The molecule has 0 aliphatic rings. The summed E-state index contributed by atoms with van der Waals surface area (Å²) < 4.78 is 0. The molecule has 0 nitrogen and oxygen atoms in total. The molecule has 0 N–H and O–H groups in total. The van der Waals surface area contributed by atoms with Gasteiger partial charge in [-0.05, 0) is 19.1 Å². The molecule has 0 heterocycles. The van der Waals surface area contributed by atoms with Gasteiger partial charge in [-0.25, -0.2) is 0 Å². The molecule has 0 radical (unpaired) electrons. The number of unbranched alkanes of at least 4 members (excludes halogenated alkanes) is 1. The van der Waals surface area contributed by atoms with Crippen LogP contribution in [-0.2, 0) is 0 Å². The molecule has 0 aromatic carbocycles. The fourth-order valence-corrected chi connectivity index (χ4v) is 1.72. The molecule has 0 aromatic rings. The van der Waals surface area contributed by atoms with Crippen LogP contribution in [-0.4, -0.2) is 11.5 Å². The Labute approximate surface area is 73.0 Å². The van der Waals surface area contributed by atoms with Gasteiger partial charge in [-0.2, -0.15) is 11.8 Å². The molecule has 0 saturated heterocycles. The normalized spacial score (nSPS) is 12.1. The highest BCUT2D eigenvalue weighted by molar-refractivity contribution is 7.99. The van der Waals surface area contributed by atoms with Crippen molar-refractivity contribution in [1.82, 2.24) is 0 Å². The van der Waals surface area contributed by atoms with Gasteiger partial charge in [-0.3, -0.25) is 0 Å². The fourth-order valence-electron chi connectivity index (χ4n) is 0.511. The van der Waals surface area contributed by atoms with E-state index in [4.69, 9.17) is 11.6 Å². The van der Waals surface area contributed by atoms with E-state index in [-0.39, 0.29) is 0 Å². The standard InChI is InChI=1S/C8H15ClS/c1-3-4-5-10-7-8(2)6-9/h6H,3-5,7H2,1-2H3/b8-6-. The van der Waals surface area contributed by atoms with Crippen LogP contribution in [0.4, 0.5) is 0 Å². The predicted octanol–water partition coefficient (Wildman–Crippen LogP) is 3.66. The summed E-state index contributed by atoms with van der Waals surface area (Å²) in [4.78, 5) is 0. The van der Waals surface area contributed by atoms with Crippen molar-refractivity contribution in [2.45, 2.75) is 26.7 Å². The third-order valence-corrected chi connectivity index (χ3v) is 2.77. The molecule has 2 heteroatoms. The van der Waals surface area contributed by atoms with Crippen molar-refractivity contribution in [3.8, 4) is 0 Å². The molecule has 0 bridgehead atoms. The lowest BCUT2D eigenvalue weighted by atomic mass is 10.4. The molecule has 0 saturated carbocycles. The zero-order valence-corrected chi connectivity index (χ0v) is 8.26. The lowest BCUT2D eigenvalue weighted by Gasteiger charge is -1.98. The molecule has 60 valence electrons. The zero-order chi connectivity index (χ0) is 7.82. The average Bonchev–Trinajstić information content (AvgIpc) is 1.98. The van der Waals surface area contributed by atoms with Crippen molar-refractivity contribution < 1.29 is 0 Å². The van der Waals surface area contributed by atoms with Gasteiger partial charge in [-0.15, -0.1) is 0 Å². The van der Waals surface area contributed by atoms with Gasteiger partial charge < -0.3 is 0 Å². The van der Waals surface area contributed by atoms with Crippen LogP contribution >= 0.6 is 23.4 Å². The van der Waals surface area contributed by atoms with Crippen LogP contribution < -0.4 is 0 Å². The minimum Gasteiger partial charge on any atom is -0.158 e. The highest BCUT2D eigenvalue weighted by atomic mass is 35.5. The van der Waals surface area contributed by atoms with E-state index in [0.717, 1.165) is 5.75 Å². The second-order valence-corrected chi connectivity index (χ2v) is 3.68. The average molecular weight is 179 g/mol. The Balaban J connectivity index is 3.04. The van der Waals surface area contributed by atoms with Gasteiger partial charge in [0.1, 0.15) is 0 Å². The van der Waals surface area contributed by atoms with Crippen molar-refractivity contribution in [2.24, 2.45) is 0 Å². The van der Waals surface area contributed by atoms with Crippen LogP contribution in [0, 0.1) is 0 Å². The SMILES string of the molecule is CCCCSC/C(C)=C\Cl. The topological polar surface area (TPSA) is 0 Å². The quantitative estimate of drug-likeness (QED) is 0.579. The first kappa shape index (κ1) is 10.4. The molecule has 0 atom stereocenters. The van der Waals surface area contributed by atoms with Crippen molar-refractivity contribution in [1.29, 1.82) is 0 Å².